The molecule has 0 amide bonds. The summed E-state index contributed by atoms with van der Waals surface area (Å²) < 4.78 is 0. The van der Waals surface area contributed by atoms with Crippen molar-refractivity contribution < 1.29 is 4.79 Å². The molecule has 0 saturated carbocycles. The molecule has 0 atom stereocenters. The number of ketones is 1. The Balaban J connectivity index is 4.80. The van der Waals surface area contributed by atoms with Crippen molar-refractivity contribution >= 4 is 5.78 Å². The van der Waals surface area contributed by atoms with E-state index in [-0.39, 0.29) is 5.78 Å². The van der Waals surface area contributed by atoms with Crippen LogP contribution in [0.1, 0.15) is 34.6 Å². The first-order valence-corrected chi connectivity index (χ1v) is 4.48. The lowest BCUT2D eigenvalue weighted by atomic mass is 10.1. The Morgan fingerprint density at radius 1 is 1.00 bits per heavy atom. The molecule has 0 rings (SSSR count). The van der Waals surface area contributed by atoms with Gasteiger partial charge in [-0.05, 0) is 51.3 Å². The van der Waals surface area contributed by atoms with E-state index in [1.807, 2.05) is 45.9 Å². The summed E-state index contributed by atoms with van der Waals surface area (Å²) >= 11 is 0. The number of allylic oxidation sites excluding steroid dienone is 6. The zero-order valence-electron chi connectivity index (χ0n) is 9.14. The van der Waals surface area contributed by atoms with Gasteiger partial charge in [0.1, 0.15) is 0 Å². The maximum absolute atomic E-state index is 11.0. The Kier molecular flexibility index (Phi) is 5.05. The highest BCUT2D eigenvalue weighted by Gasteiger charge is 1.96. The summed E-state index contributed by atoms with van der Waals surface area (Å²) in [6.07, 6.45) is 5.96. The standard InChI is InChI=1S/C12H18O/c1-6-7-9(2)10(3)8-11(4)12(5)13/h6-8H,1-5H3/b7-6-,10-9-,11-8+. The lowest BCUT2D eigenvalue weighted by Crippen LogP contribution is -1.91. The molecule has 0 aromatic heterocycles. The highest BCUT2D eigenvalue weighted by atomic mass is 16.1. The van der Waals surface area contributed by atoms with Gasteiger partial charge in [0.25, 0.3) is 0 Å². The summed E-state index contributed by atoms with van der Waals surface area (Å²) in [5.74, 6) is 0.132. The molecule has 0 aromatic rings. The number of hydrogen-bond donors (Lipinski definition) is 0. The molecular weight excluding hydrogens is 160 g/mol. The van der Waals surface area contributed by atoms with Gasteiger partial charge in [-0.3, -0.25) is 4.79 Å². The van der Waals surface area contributed by atoms with E-state index in [9.17, 15) is 4.79 Å². The van der Waals surface area contributed by atoms with Crippen LogP contribution in [0.4, 0.5) is 0 Å². The molecule has 0 aliphatic rings. The lowest BCUT2D eigenvalue weighted by molar-refractivity contribution is -0.113. The fraction of sp³-hybridized carbons (Fsp3) is 0.417. The van der Waals surface area contributed by atoms with Crippen LogP contribution < -0.4 is 0 Å². The van der Waals surface area contributed by atoms with Gasteiger partial charge in [0.05, 0.1) is 0 Å². The molecule has 0 N–H and O–H groups in total. The quantitative estimate of drug-likeness (QED) is 0.478. The second kappa shape index (κ2) is 5.52. The molecule has 13 heavy (non-hydrogen) atoms. The van der Waals surface area contributed by atoms with Crippen molar-refractivity contribution in [3.05, 3.63) is 34.9 Å². The van der Waals surface area contributed by atoms with Gasteiger partial charge < -0.3 is 0 Å². The molecule has 0 fully saturated rings. The summed E-state index contributed by atoms with van der Waals surface area (Å²) in [4.78, 5) is 11.0. The molecular formula is C12H18O. The molecule has 0 aliphatic heterocycles. The SMILES string of the molecule is C\C=C/C(C)=C(C)\C=C(/C)C(C)=O. The van der Waals surface area contributed by atoms with E-state index >= 15 is 0 Å². The molecule has 0 spiro atoms. The summed E-state index contributed by atoms with van der Waals surface area (Å²) in [7, 11) is 0. The summed E-state index contributed by atoms with van der Waals surface area (Å²) in [5, 5.41) is 0. The van der Waals surface area contributed by atoms with Gasteiger partial charge in [0.15, 0.2) is 5.78 Å². The first kappa shape index (κ1) is 11.9. The smallest absolute Gasteiger partial charge is 0.155 e. The number of carbonyl (C=O) groups excluding carboxylic acids is 1. The van der Waals surface area contributed by atoms with E-state index < -0.39 is 0 Å². The van der Waals surface area contributed by atoms with Crippen LogP contribution in [0, 0.1) is 0 Å². The summed E-state index contributed by atoms with van der Waals surface area (Å²) in [6, 6.07) is 0. The topological polar surface area (TPSA) is 17.1 Å². The fourth-order valence-corrected chi connectivity index (χ4v) is 0.922. The lowest BCUT2D eigenvalue weighted by Gasteiger charge is -1.99. The van der Waals surface area contributed by atoms with Gasteiger partial charge in [-0.25, -0.2) is 0 Å². The van der Waals surface area contributed by atoms with Crippen LogP contribution in [0.2, 0.25) is 0 Å². The van der Waals surface area contributed by atoms with Gasteiger partial charge >= 0.3 is 0 Å². The summed E-state index contributed by atoms with van der Waals surface area (Å²) in [6.45, 7) is 9.47. The average Bonchev–Trinajstić information content (AvgIpc) is 2.04. The van der Waals surface area contributed by atoms with Crippen molar-refractivity contribution in [2.24, 2.45) is 0 Å². The highest BCUT2D eigenvalue weighted by molar-refractivity contribution is 5.93. The van der Waals surface area contributed by atoms with Crippen LogP contribution >= 0.6 is 0 Å². The van der Waals surface area contributed by atoms with Gasteiger partial charge in [0.2, 0.25) is 0 Å². The number of Topliss-reactive ketones (excluding diaryl/α,β-unsaturated/α-hetero) is 1. The van der Waals surface area contributed by atoms with E-state index in [4.69, 9.17) is 0 Å². The predicted molar refractivity (Wildman–Crippen MR) is 57.6 cm³/mol. The third-order valence-corrected chi connectivity index (χ3v) is 2.03. The first-order chi connectivity index (χ1) is 5.99. The van der Waals surface area contributed by atoms with E-state index in [2.05, 4.69) is 0 Å². The Labute approximate surface area is 80.8 Å². The third kappa shape index (κ3) is 4.46. The highest BCUT2D eigenvalue weighted by Crippen LogP contribution is 2.09. The van der Waals surface area contributed by atoms with Gasteiger partial charge in [0, 0.05) is 0 Å². The van der Waals surface area contributed by atoms with Crippen LogP contribution in [-0.2, 0) is 4.79 Å². The number of carbonyl (C=O) groups is 1. The van der Waals surface area contributed by atoms with E-state index in [0.717, 1.165) is 11.1 Å². The first-order valence-electron chi connectivity index (χ1n) is 4.48. The minimum absolute atomic E-state index is 0.132. The van der Waals surface area contributed by atoms with Gasteiger partial charge in [-0.2, -0.15) is 0 Å². The molecule has 0 heterocycles. The molecule has 0 saturated heterocycles. The maximum atomic E-state index is 11.0. The normalized spacial score (nSPS) is 14.7. The Morgan fingerprint density at radius 2 is 1.54 bits per heavy atom. The molecule has 72 valence electrons. The molecule has 0 aromatic carbocycles. The monoisotopic (exact) mass is 178 g/mol. The third-order valence-electron chi connectivity index (χ3n) is 2.03. The van der Waals surface area contributed by atoms with E-state index in [1.54, 1.807) is 6.92 Å². The second-order valence-electron chi connectivity index (χ2n) is 3.25. The van der Waals surface area contributed by atoms with E-state index in [1.165, 1.54) is 5.57 Å². The predicted octanol–water partition coefficient (Wildman–Crippen LogP) is 3.43. The fourth-order valence-electron chi connectivity index (χ4n) is 0.922. The molecule has 1 nitrogen and oxygen atoms in total. The summed E-state index contributed by atoms with van der Waals surface area (Å²) in [5.41, 5.74) is 3.15. The molecule has 0 bridgehead atoms. The molecule has 1 heteroatoms. The van der Waals surface area contributed by atoms with Gasteiger partial charge in [-0.1, -0.05) is 18.2 Å². The minimum Gasteiger partial charge on any atom is -0.295 e. The second-order valence-corrected chi connectivity index (χ2v) is 3.25. The van der Waals surface area contributed by atoms with Gasteiger partial charge in [-0.15, -0.1) is 0 Å². The van der Waals surface area contributed by atoms with Crippen molar-refractivity contribution in [2.75, 3.05) is 0 Å². The zero-order chi connectivity index (χ0) is 10.4. The molecule has 0 aliphatic carbocycles. The average molecular weight is 178 g/mol. The van der Waals surface area contributed by atoms with Crippen molar-refractivity contribution in [1.29, 1.82) is 0 Å². The Bertz CT molecular complexity index is 277. The van der Waals surface area contributed by atoms with Crippen LogP contribution in [0.25, 0.3) is 0 Å². The minimum atomic E-state index is 0.132. The Morgan fingerprint density at radius 3 is 1.92 bits per heavy atom. The van der Waals surface area contributed by atoms with Crippen molar-refractivity contribution in [2.45, 2.75) is 34.6 Å². The zero-order valence-corrected chi connectivity index (χ0v) is 9.14. The van der Waals surface area contributed by atoms with Crippen LogP contribution in [0.3, 0.4) is 0 Å². The van der Waals surface area contributed by atoms with Crippen molar-refractivity contribution in [1.82, 2.24) is 0 Å². The van der Waals surface area contributed by atoms with Crippen molar-refractivity contribution in [3.8, 4) is 0 Å². The van der Waals surface area contributed by atoms with Crippen LogP contribution in [0.5, 0.6) is 0 Å². The number of hydrogen-bond acceptors (Lipinski definition) is 1. The molecule has 0 unspecified atom stereocenters. The Hall–Kier alpha value is -1.11. The van der Waals surface area contributed by atoms with Crippen LogP contribution in [-0.4, -0.2) is 5.78 Å². The molecule has 0 radical (unpaired) electrons. The maximum Gasteiger partial charge on any atom is 0.155 e. The van der Waals surface area contributed by atoms with Crippen molar-refractivity contribution in [3.63, 3.8) is 0 Å². The van der Waals surface area contributed by atoms with Crippen LogP contribution in [0.15, 0.2) is 34.9 Å². The van der Waals surface area contributed by atoms with E-state index in [0.29, 0.717) is 0 Å². The number of rotatable bonds is 3. The largest absolute Gasteiger partial charge is 0.295 e.